The Morgan fingerprint density at radius 1 is 1.20 bits per heavy atom. The minimum absolute atomic E-state index is 0.520. The fraction of sp³-hybridized carbons (Fsp3) is 0.375. The lowest BCUT2D eigenvalue weighted by atomic mass is 9.98. The molecular weight excluding hydrogens is 270 g/mol. The standard InChI is InChI=1S/C16H20ClN3/c1-3-14-15(17)19-11-20-16(14)18-10-9-12(2)13-7-5-4-6-8-13/h4-8,11-12H,3,9-10H2,1-2H3,(H,18,19,20). The van der Waals surface area contributed by atoms with Gasteiger partial charge in [0.25, 0.3) is 0 Å². The molecule has 0 radical (unpaired) electrons. The van der Waals surface area contributed by atoms with E-state index in [9.17, 15) is 0 Å². The molecule has 0 saturated heterocycles. The number of nitrogens with zero attached hydrogens (tertiary/aromatic N) is 2. The number of benzene rings is 1. The summed E-state index contributed by atoms with van der Waals surface area (Å²) < 4.78 is 0. The third-order valence-electron chi connectivity index (χ3n) is 3.48. The van der Waals surface area contributed by atoms with Gasteiger partial charge in [0, 0.05) is 12.1 Å². The molecule has 0 aliphatic carbocycles. The van der Waals surface area contributed by atoms with Crippen LogP contribution in [0.3, 0.4) is 0 Å². The molecule has 1 aromatic carbocycles. The van der Waals surface area contributed by atoms with Gasteiger partial charge in [-0.25, -0.2) is 9.97 Å². The number of aromatic nitrogens is 2. The van der Waals surface area contributed by atoms with Crippen LogP contribution >= 0.6 is 11.6 Å². The molecule has 1 N–H and O–H groups in total. The van der Waals surface area contributed by atoms with Crippen LogP contribution in [0.1, 0.15) is 37.3 Å². The second-order valence-electron chi connectivity index (χ2n) is 4.87. The van der Waals surface area contributed by atoms with Crippen molar-refractivity contribution in [3.8, 4) is 0 Å². The summed E-state index contributed by atoms with van der Waals surface area (Å²) in [5.41, 5.74) is 2.35. The molecule has 3 nitrogen and oxygen atoms in total. The van der Waals surface area contributed by atoms with E-state index >= 15 is 0 Å². The molecule has 2 rings (SSSR count). The number of halogens is 1. The average Bonchev–Trinajstić information content (AvgIpc) is 2.48. The van der Waals surface area contributed by atoms with E-state index in [2.05, 4.69) is 53.4 Å². The van der Waals surface area contributed by atoms with Crippen LogP contribution < -0.4 is 5.32 Å². The molecule has 0 bridgehead atoms. The van der Waals surface area contributed by atoms with Gasteiger partial charge in [-0.05, 0) is 24.3 Å². The highest BCUT2D eigenvalue weighted by Crippen LogP contribution is 2.22. The highest BCUT2D eigenvalue weighted by molar-refractivity contribution is 6.30. The predicted molar refractivity (Wildman–Crippen MR) is 84.4 cm³/mol. The van der Waals surface area contributed by atoms with Gasteiger partial charge < -0.3 is 5.32 Å². The van der Waals surface area contributed by atoms with Crippen molar-refractivity contribution >= 4 is 17.4 Å². The normalized spacial score (nSPS) is 12.2. The highest BCUT2D eigenvalue weighted by Gasteiger charge is 2.09. The smallest absolute Gasteiger partial charge is 0.137 e. The van der Waals surface area contributed by atoms with Crippen molar-refractivity contribution in [3.05, 3.63) is 52.9 Å². The highest BCUT2D eigenvalue weighted by atomic mass is 35.5. The van der Waals surface area contributed by atoms with E-state index in [1.165, 1.54) is 11.9 Å². The molecule has 0 saturated carbocycles. The van der Waals surface area contributed by atoms with Crippen molar-refractivity contribution in [3.63, 3.8) is 0 Å². The Hall–Kier alpha value is -1.61. The maximum absolute atomic E-state index is 6.08. The van der Waals surface area contributed by atoms with Gasteiger partial charge in [0.2, 0.25) is 0 Å². The average molecular weight is 290 g/mol. The first-order chi connectivity index (χ1) is 9.72. The van der Waals surface area contributed by atoms with Crippen LogP contribution in [0.2, 0.25) is 5.15 Å². The molecule has 2 aromatic rings. The fourth-order valence-electron chi connectivity index (χ4n) is 2.21. The van der Waals surface area contributed by atoms with Crippen molar-refractivity contribution in [1.29, 1.82) is 0 Å². The van der Waals surface area contributed by atoms with Gasteiger partial charge in [0.1, 0.15) is 17.3 Å². The van der Waals surface area contributed by atoms with Gasteiger partial charge in [-0.1, -0.05) is 55.8 Å². The summed E-state index contributed by atoms with van der Waals surface area (Å²) in [4.78, 5) is 8.29. The van der Waals surface area contributed by atoms with E-state index in [0.717, 1.165) is 30.8 Å². The Morgan fingerprint density at radius 3 is 2.65 bits per heavy atom. The van der Waals surface area contributed by atoms with E-state index in [1.54, 1.807) is 0 Å². The van der Waals surface area contributed by atoms with Crippen LogP contribution in [0, 0.1) is 0 Å². The minimum atomic E-state index is 0.520. The summed E-state index contributed by atoms with van der Waals surface area (Å²) in [6, 6.07) is 10.6. The van der Waals surface area contributed by atoms with Gasteiger partial charge in [0.05, 0.1) is 0 Å². The molecule has 20 heavy (non-hydrogen) atoms. The molecular formula is C16H20ClN3. The predicted octanol–water partition coefficient (Wildman–Crippen LogP) is 4.30. The summed E-state index contributed by atoms with van der Waals surface area (Å²) >= 11 is 6.08. The van der Waals surface area contributed by atoms with Crippen molar-refractivity contribution < 1.29 is 0 Å². The van der Waals surface area contributed by atoms with Crippen LogP contribution in [0.4, 0.5) is 5.82 Å². The van der Waals surface area contributed by atoms with E-state index in [-0.39, 0.29) is 0 Å². The Balaban J connectivity index is 1.92. The molecule has 1 atom stereocenters. The number of hydrogen-bond donors (Lipinski definition) is 1. The summed E-state index contributed by atoms with van der Waals surface area (Å²) in [6.45, 7) is 5.17. The summed E-state index contributed by atoms with van der Waals surface area (Å²) in [5.74, 6) is 1.37. The molecule has 0 aliphatic rings. The molecule has 1 unspecified atom stereocenters. The van der Waals surface area contributed by atoms with Gasteiger partial charge in [-0.2, -0.15) is 0 Å². The largest absolute Gasteiger partial charge is 0.370 e. The lowest BCUT2D eigenvalue weighted by molar-refractivity contribution is 0.704. The number of nitrogens with one attached hydrogen (secondary N) is 1. The monoisotopic (exact) mass is 289 g/mol. The Morgan fingerprint density at radius 2 is 1.95 bits per heavy atom. The molecule has 0 fully saturated rings. The third-order valence-corrected chi connectivity index (χ3v) is 3.81. The summed E-state index contributed by atoms with van der Waals surface area (Å²) in [7, 11) is 0. The zero-order valence-corrected chi connectivity index (χ0v) is 12.7. The Bertz CT molecular complexity index is 543. The summed E-state index contributed by atoms with van der Waals surface area (Å²) in [6.07, 6.45) is 3.38. The molecule has 106 valence electrons. The van der Waals surface area contributed by atoms with Crippen molar-refractivity contribution in [2.24, 2.45) is 0 Å². The second kappa shape index (κ2) is 7.25. The molecule has 4 heteroatoms. The van der Waals surface area contributed by atoms with Crippen molar-refractivity contribution in [2.75, 3.05) is 11.9 Å². The molecule has 0 amide bonds. The van der Waals surface area contributed by atoms with Crippen molar-refractivity contribution in [2.45, 2.75) is 32.6 Å². The van der Waals surface area contributed by atoms with Gasteiger partial charge in [0.15, 0.2) is 0 Å². The lowest BCUT2D eigenvalue weighted by Crippen LogP contribution is -2.09. The van der Waals surface area contributed by atoms with Gasteiger partial charge >= 0.3 is 0 Å². The molecule has 0 aliphatic heterocycles. The second-order valence-corrected chi connectivity index (χ2v) is 5.23. The molecule has 1 heterocycles. The number of hydrogen-bond acceptors (Lipinski definition) is 3. The van der Waals surface area contributed by atoms with E-state index in [0.29, 0.717) is 11.1 Å². The zero-order chi connectivity index (χ0) is 14.4. The van der Waals surface area contributed by atoms with Gasteiger partial charge in [-0.15, -0.1) is 0 Å². The van der Waals surface area contributed by atoms with E-state index < -0.39 is 0 Å². The Kier molecular flexibility index (Phi) is 5.36. The maximum Gasteiger partial charge on any atom is 0.137 e. The number of anilines is 1. The van der Waals surface area contributed by atoms with Crippen molar-refractivity contribution in [1.82, 2.24) is 9.97 Å². The maximum atomic E-state index is 6.08. The Labute approximate surface area is 125 Å². The van der Waals surface area contributed by atoms with E-state index in [1.807, 2.05) is 6.07 Å². The SMILES string of the molecule is CCc1c(Cl)ncnc1NCCC(C)c1ccccc1. The van der Waals surface area contributed by atoms with E-state index in [4.69, 9.17) is 11.6 Å². The summed E-state index contributed by atoms with van der Waals surface area (Å²) in [5, 5.41) is 3.91. The van der Waals surface area contributed by atoms with Crippen LogP contribution in [0.15, 0.2) is 36.7 Å². The first kappa shape index (κ1) is 14.8. The quantitative estimate of drug-likeness (QED) is 0.806. The molecule has 1 aromatic heterocycles. The van der Waals surface area contributed by atoms with Gasteiger partial charge in [-0.3, -0.25) is 0 Å². The first-order valence-corrected chi connectivity index (χ1v) is 7.38. The first-order valence-electron chi connectivity index (χ1n) is 7.00. The third kappa shape index (κ3) is 3.70. The van der Waals surface area contributed by atoms with Crippen LogP contribution in [0.5, 0.6) is 0 Å². The lowest BCUT2D eigenvalue weighted by Gasteiger charge is -2.14. The topological polar surface area (TPSA) is 37.8 Å². The zero-order valence-electron chi connectivity index (χ0n) is 11.9. The fourth-order valence-corrected chi connectivity index (χ4v) is 2.48. The molecule has 0 spiro atoms. The van der Waals surface area contributed by atoms with Crippen LogP contribution in [0.25, 0.3) is 0 Å². The minimum Gasteiger partial charge on any atom is -0.370 e. The van der Waals surface area contributed by atoms with Crippen LogP contribution in [-0.4, -0.2) is 16.5 Å². The number of rotatable bonds is 6. The van der Waals surface area contributed by atoms with Crippen LogP contribution in [-0.2, 0) is 6.42 Å².